The quantitative estimate of drug-likeness (QED) is 0.368. The van der Waals surface area contributed by atoms with Crippen molar-refractivity contribution in [1.82, 2.24) is 5.32 Å². The Morgan fingerprint density at radius 1 is 1.09 bits per heavy atom. The van der Waals surface area contributed by atoms with Crippen molar-refractivity contribution < 1.29 is 39.9 Å². The number of hydrogen-bond acceptors (Lipinski definition) is 7. The SMILES string of the molecule is O=C(O)c1ccccc1C(=O)N[C@H]1[C@H](O)[C@H](O)[C@H](CO)O[C@@H]1O. The third kappa shape index (κ3) is 3.49. The van der Waals surface area contributed by atoms with Gasteiger partial charge in [0.25, 0.3) is 5.91 Å². The van der Waals surface area contributed by atoms with Crippen molar-refractivity contribution in [2.75, 3.05) is 6.61 Å². The zero-order valence-corrected chi connectivity index (χ0v) is 11.9. The van der Waals surface area contributed by atoms with Crippen LogP contribution >= 0.6 is 0 Å². The molecule has 1 amide bonds. The summed E-state index contributed by atoms with van der Waals surface area (Å²) in [7, 11) is 0. The zero-order valence-electron chi connectivity index (χ0n) is 11.9. The van der Waals surface area contributed by atoms with Crippen LogP contribution in [0.2, 0.25) is 0 Å². The highest BCUT2D eigenvalue weighted by molar-refractivity contribution is 6.04. The molecule has 1 aliphatic heterocycles. The number of benzene rings is 1. The Kier molecular flexibility index (Phi) is 5.29. The largest absolute Gasteiger partial charge is 0.478 e. The van der Waals surface area contributed by atoms with E-state index >= 15 is 0 Å². The monoisotopic (exact) mass is 327 g/mol. The molecule has 0 saturated carbocycles. The van der Waals surface area contributed by atoms with Crippen LogP contribution in [-0.2, 0) is 4.74 Å². The van der Waals surface area contributed by atoms with E-state index in [2.05, 4.69) is 5.32 Å². The smallest absolute Gasteiger partial charge is 0.336 e. The summed E-state index contributed by atoms with van der Waals surface area (Å²) in [5.74, 6) is -2.17. The van der Waals surface area contributed by atoms with Gasteiger partial charge in [-0.05, 0) is 12.1 Å². The molecule has 9 heteroatoms. The molecule has 0 spiro atoms. The second-order valence-corrected chi connectivity index (χ2v) is 5.08. The molecule has 0 aliphatic carbocycles. The lowest BCUT2D eigenvalue weighted by Crippen LogP contribution is -2.64. The van der Waals surface area contributed by atoms with Crippen molar-refractivity contribution in [3.05, 3.63) is 35.4 Å². The molecule has 6 N–H and O–H groups in total. The first-order chi connectivity index (χ1) is 10.9. The zero-order chi connectivity index (χ0) is 17.1. The minimum absolute atomic E-state index is 0.168. The summed E-state index contributed by atoms with van der Waals surface area (Å²) >= 11 is 0. The van der Waals surface area contributed by atoms with E-state index in [1.807, 2.05) is 0 Å². The molecular weight excluding hydrogens is 310 g/mol. The maximum atomic E-state index is 12.2. The van der Waals surface area contributed by atoms with Crippen LogP contribution in [0, 0.1) is 0 Å². The van der Waals surface area contributed by atoms with Gasteiger partial charge in [0.1, 0.15) is 24.4 Å². The van der Waals surface area contributed by atoms with Crippen LogP contribution in [0.5, 0.6) is 0 Å². The minimum Gasteiger partial charge on any atom is -0.478 e. The van der Waals surface area contributed by atoms with Gasteiger partial charge in [0.2, 0.25) is 0 Å². The van der Waals surface area contributed by atoms with Gasteiger partial charge < -0.3 is 35.6 Å². The van der Waals surface area contributed by atoms with E-state index in [1.54, 1.807) is 0 Å². The predicted molar refractivity (Wildman–Crippen MR) is 74.6 cm³/mol. The van der Waals surface area contributed by atoms with Crippen LogP contribution in [0.1, 0.15) is 20.7 Å². The second-order valence-electron chi connectivity index (χ2n) is 5.08. The third-order valence-electron chi connectivity index (χ3n) is 3.60. The van der Waals surface area contributed by atoms with Gasteiger partial charge in [0.05, 0.1) is 17.7 Å². The average Bonchev–Trinajstić information content (AvgIpc) is 2.54. The number of nitrogens with one attached hydrogen (secondary N) is 1. The molecule has 0 bridgehead atoms. The molecule has 0 radical (unpaired) electrons. The number of rotatable bonds is 4. The van der Waals surface area contributed by atoms with Crippen molar-refractivity contribution >= 4 is 11.9 Å². The van der Waals surface area contributed by atoms with E-state index in [9.17, 15) is 24.9 Å². The maximum Gasteiger partial charge on any atom is 0.336 e. The number of aromatic carboxylic acids is 1. The molecule has 1 fully saturated rings. The lowest BCUT2D eigenvalue weighted by molar-refractivity contribution is -0.252. The van der Waals surface area contributed by atoms with Crippen LogP contribution in [0.25, 0.3) is 0 Å². The average molecular weight is 327 g/mol. The molecular formula is C14H17NO8. The Bertz CT molecular complexity index is 592. The Balaban J connectivity index is 2.19. The van der Waals surface area contributed by atoms with Gasteiger partial charge in [-0.3, -0.25) is 4.79 Å². The fourth-order valence-electron chi connectivity index (χ4n) is 2.35. The van der Waals surface area contributed by atoms with E-state index < -0.39 is 49.1 Å². The van der Waals surface area contributed by atoms with Crippen molar-refractivity contribution in [3.8, 4) is 0 Å². The van der Waals surface area contributed by atoms with Crippen LogP contribution in [0.3, 0.4) is 0 Å². The highest BCUT2D eigenvalue weighted by atomic mass is 16.6. The van der Waals surface area contributed by atoms with E-state index in [-0.39, 0.29) is 11.1 Å². The van der Waals surface area contributed by atoms with E-state index in [0.717, 1.165) is 0 Å². The number of carboxylic acids is 1. The number of amides is 1. The molecule has 1 saturated heterocycles. The van der Waals surface area contributed by atoms with Crippen LogP contribution in [0.4, 0.5) is 0 Å². The molecule has 23 heavy (non-hydrogen) atoms. The molecule has 0 aromatic heterocycles. The molecule has 126 valence electrons. The Morgan fingerprint density at radius 3 is 2.26 bits per heavy atom. The standard InChI is InChI=1S/C14H17NO8/c16-5-8-10(17)11(18)9(14(22)23-8)15-12(19)6-3-1-2-4-7(6)13(20)21/h1-4,8-11,14,16-18,22H,5H2,(H,15,19)(H,20,21)/t8-,9-,10+,11-,14-/m0/s1. The third-order valence-corrected chi connectivity index (χ3v) is 3.60. The fraction of sp³-hybridized carbons (Fsp3) is 0.429. The highest BCUT2D eigenvalue weighted by Crippen LogP contribution is 2.20. The number of hydrogen-bond donors (Lipinski definition) is 6. The van der Waals surface area contributed by atoms with Crippen LogP contribution in [-0.4, -0.2) is 74.7 Å². The topological polar surface area (TPSA) is 157 Å². The molecule has 1 aromatic rings. The number of carboxylic acid groups (broad SMARTS) is 1. The maximum absolute atomic E-state index is 12.2. The molecule has 2 rings (SSSR count). The lowest BCUT2D eigenvalue weighted by Gasteiger charge is -2.40. The Labute approximate surface area is 130 Å². The summed E-state index contributed by atoms with van der Waals surface area (Å²) in [6.07, 6.45) is -5.99. The minimum atomic E-state index is -1.67. The molecule has 9 nitrogen and oxygen atoms in total. The first kappa shape index (κ1) is 17.3. The fourth-order valence-corrected chi connectivity index (χ4v) is 2.35. The molecule has 1 aromatic carbocycles. The van der Waals surface area contributed by atoms with Gasteiger partial charge >= 0.3 is 5.97 Å². The summed E-state index contributed by atoms with van der Waals surface area (Å²) in [4.78, 5) is 23.3. The number of ether oxygens (including phenoxy) is 1. The summed E-state index contributed by atoms with van der Waals surface area (Å²) in [5.41, 5.74) is -0.419. The van der Waals surface area contributed by atoms with Gasteiger partial charge in [-0.25, -0.2) is 4.79 Å². The lowest BCUT2D eigenvalue weighted by atomic mass is 9.96. The van der Waals surface area contributed by atoms with E-state index in [4.69, 9.17) is 14.9 Å². The summed E-state index contributed by atoms with van der Waals surface area (Å²) in [5, 5.41) is 49.8. The van der Waals surface area contributed by atoms with Gasteiger partial charge in [-0.2, -0.15) is 0 Å². The van der Waals surface area contributed by atoms with Gasteiger partial charge in [0, 0.05) is 0 Å². The first-order valence-electron chi connectivity index (χ1n) is 6.80. The molecule has 1 aliphatic rings. The Hall–Kier alpha value is -2.04. The van der Waals surface area contributed by atoms with Gasteiger partial charge in [-0.15, -0.1) is 0 Å². The van der Waals surface area contributed by atoms with Gasteiger partial charge in [0.15, 0.2) is 6.29 Å². The Morgan fingerprint density at radius 2 is 1.70 bits per heavy atom. The predicted octanol–water partition coefficient (Wildman–Crippen LogP) is -2.09. The molecule has 5 atom stereocenters. The van der Waals surface area contributed by atoms with E-state index in [1.165, 1.54) is 24.3 Å². The second kappa shape index (κ2) is 7.02. The summed E-state index contributed by atoms with van der Waals surface area (Å²) < 4.78 is 4.91. The van der Waals surface area contributed by atoms with Crippen LogP contribution < -0.4 is 5.32 Å². The number of aliphatic hydroxyl groups is 4. The number of carbonyl (C=O) groups is 2. The number of aliphatic hydroxyl groups excluding tert-OH is 4. The molecule has 1 heterocycles. The first-order valence-corrected chi connectivity index (χ1v) is 6.80. The van der Waals surface area contributed by atoms with Crippen molar-refractivity contribution in [2.24, 2.45) is 0 Å². The highest BCUT2D eigenvalue weighted by Gasteiger charge is 2.44. The normalized spacial score (nSPS) is 30.7. The number of carbonyl (C=O) groups excluding carboxylic acids is 1. The van der Waals surface area contributed by atoms with Gasteiger partial charge in [-0.1, -0.05) is 12.1 Å². The van der Waals surface area contributed by atoms with Crippen molar-refractivity contribution in [1.29, 1.82) is 0 Å². The molecule has 0 unspecified atom stereocenters. The van der Waals surface area contributed by atoms with Crippen molar-refractivity contribution in [3.63, 3.8) is 0 Å². The van der Waals surface area contributed by atoms with E-state index in [0.29, 0.717) is 0 Å². The van der Waals surface area contributed by atoms with Crippen molar-refractivity contribution in [2.45, 2.75) is 30.6 Å². The summed E-state index contributed by atoms with van der Waals surface area (Å²) in [6, 6.07) is 4.03. The van der Waals surface area contributed by atoms with Crippen LogP contribution in [0.15, 0.2) is 24.3 Å². The summed E-state index contributed by atoms with van der Waals surface area (Å²) in [6.45, 7) is -0.627.